The lowest BCUT2D eigenvalue weighted by atomic mass is 10.1. The minimum Gasteiger partial charge on any atom is -0.484 e. The van der Waals surface area contributed by atoms with Gasteiger partial charge in [0.25, 0.3) is 5.91 Å². The third-order valence-electron chi connectivity index (χ3n) is 3.11. The Hall–Kier alpha value is -1.64. The number of rotatable bonds is 5. The maximum Gasteiger partial charge on any atom is 0.258 e. The fourth-order valence-corrected chi connectivity index (χ4v) is 2.50. The molecule has 1 aliphatic heterocycles. The molecule has 1 heterocycles. The van der Waals surface area contributed by atoms with Crippen molar-refractivity contribution in [1.82, 2.24) is 5.32 Å². The Morgan fingerprint density at radius 2 is 1.90 bits per heavy atom. The van der Waals surface area contributed by atoms with E-state index in [0.717, 1.165) is 12.8 Å². The summed E-state index contributed by atoms with van der Waals surface area (Å²) in [7, 11) is -3.72. The van der Waals surface area contributed by atoms with E-state index in [1.54, 1.807) is 0 Å². The van der Waals surface area contributed by atoms with E-state index in [9.17, 15) is 13.2 Å². The van der Waals surface area contributed by atoms with Gasteiger partial charge in [-0.05, 0) is 37.1 Å². The Morgan fingerprint density at radius 3 is 2.48 bits per heavy atom. The molecule has 1 aromatic carbocycles. The lowest BCUT2D eigenvalue weighted by Gasteiger charge is -2.23. The van der Waals surface area contributed by atoms with Gasteiger partial charge < -0.3 is 14.8 Å². The summed E-state index contributed by atoms with van der Waals surface area (Å²) in [5.41, 5.74) is 0. The quantitative estimate of drug-likeness (QED) is 0.796. The van der Waals surface area contributed by atoms with Gasteiger partial charge in [0.1, 0.15) is 5.75 Å². The van der Waals surface area contributed by atoms with Crippen molar-refractivity contribution in [1.29, 1.82) is 0 Å². The molecule has 0 aliphatic carbocycles. The van der Waals surface area contributed by atoms with Crippen LogP contribution >= 0.6 is 0 Å². The number of benzene rings is 1. The summed E-state index contributed by atoms with van der Waals surface area (Å²) in [6.07, 6.45) is 1.60. The highest BCUT2D eigenvalue weighted by Gasteiger charge is 2.16. The van der Waals surface area contributed by atoms with Crippen LogP contribution in [-0.2, 0) is 19.6 Å². The zero-order chi connectivity index (χ0) is 15.3. The van der Waals surface area contributed by atoms with Crippen LogP contribution in [0.2, 0.25) is 0 Å². The van der Waals surface area contributed by atoms with E-state index < -0.39 is 10.0 Å². The van der Waals surface area contributed by atoms with Crippen molar-refractivity contribution >= 4 is 15.9 Å². The minimum absolute atomic E-state index is 0.00140. The van der Waals surface area contributed by atoms with Crippen molar-refractivity contribution in [2.24, 2.45) is 5.14 Å². The second-order valence-corrected chi connectivity index (χ2v) is 6.32. The molecule has 1 saturated heterocycles. The molecular formula is C13H18N2O5S. The third-order valence-corrected chi connectivity index (χ3v) is 4.04. The number of amides is 1. The summed E-state index contributed by atoms with van der Waals surface area (Å²) >= 11 is 0. The average Bonchev–Trinajstić information content (AvgIpc) is 2.46. The molecule has 3 N–H and O–H groups in total. The van der Waals surface area contributed by atoms with E-state index in [4.69, 9.17) is 14.6 Å². The number of nitrogens with two attached hydrogens (primary N) is 1. The maximum absolute atomic E-state index is 11.7. The molecule has 0 aromatic heterocycles. The lowest BCUT2D eigenvalue weighted by Crippen LogP contribution is -2.41. The van der Waals surface area contributed by atoms with Crippen molar-refractivity contribution in [3.8, 4) is 5.75 Å². The van der Waals surface area contributed by atoms with Gasteiger partial charge in [0, 0.05) is 19.3 Å². The fourth-order valence-electron chi connectivity index (χ4n) is 1.99. The number of hydrogen-bond acceptors (Lipinski definition) is 5. The summed E-state index contributed by atoms with van der Waals surface area (Å²) in [5.74, 6) is 0.196. The first-order valence-corrected chi connectivity index (χ1v) is 8.12. The molecule has 1 amide bonds. The summed E-state index contributed by atoms with van der Waals surface area (Å²) in [6.45, 7) is 1.19. The zero-order valence-corrected chi connectivity index (χ0v) is 12.3. The van der Waals surface area contributed by atoms with Crippen molar-refractivity contribution in [3.05, 3.63) is 24.3 Å². The first-order valence-electron chi connectivity index (χ1n) is 6.58. The number of ether oxygens (including phenoxy) is 2. The van der Waals surface area contributed by atoms with Crippen LogP contribution in [-0.4, -0.2) is 40.2 Å². The molecule has 8 heteroatoms. The Morgan fingerprint density at radius 1 is 1.29 bits per heavy atom. The van der Waals surface area contributed by atoms with Crippen LogP contribution in [0.15, 0.2) is 29.2 Å². The van der Waals surface area contributed by atoms with E-state index >= 15 is 0 Å². The van der Waals surface area contributed by atoms with Crippen LogP contribution in [0.4, 0.5) is 0 Å². The summed E-state index contributed by atoms with van der Waals surface area (Å²) in [4.78, 5) is 11.7. The number of hydrogen-bond donors (Lipinski definition) is 2. The smallest absolute Gasteiger partial charge is 0.258 e. The molecule has 1 fully saturated rings. The molecule has 116 valence electrons. The van der Waals surface area contributed by atoms with E-state index in [0.29, 0.717) is 19.0 Å². The molecule has 0 radical (unpaired) electrons. The third kappa shape index (κ3) is 5.00. The standard InChI is InChI=1S/C13H18N2O5S/c14-21(17,18)12-3-1-11(2-4-12)20-9-13(16)15-10-5-7-19-8-6-10/h1-4,10H,5-9H2,(H,15,16)(H2,14,17,18). The van der Waals surface area contributed by atoms with Gasteiger partial charge in [-0.15, -0.1) is 0 Å². The highest BCUT2D eigenvalue weighted by Crippen LogP contribution is 2.14. The minimum atomic E-state index is -3.72. The Balaban J connectivity index is 1.81. The highest BCUT2D eigenvalue weighted by atomic mass is 32.2. The second kappa shape index (κ2) is 6.88. The van der Waals surface area contributed by atoms with Crippen molar-refractivity contribution in [2.75, 3.05) is 19.8 Å². The Bertz CT molecular complexity index is 579. The van der Waals surface area contributed by atoms with Crippen LogP contribution in [0.25, 0.3) is 0 Å². The number of carbonyl (C=O) groups excluding carboxylic acids is 1. The van der Waals surface area contributed by atoms with Crippen LogP contribution < -0.4 is 15.2 Å². The first-order chi connectivity index (χ1) is 9.95. The molecule has 7 nitrogen and oxygen atoms in total. The van der Waals surface area contributed by atoms with Crippen LogP contribution in [0.3, 0.4) is 0 Å². The van der Waals surface area contributed by atoms with Gasteiger partial charge in [-0.2, -0.15) is 0 Å². The fraction of sp³-hybridized carbons (Fsp3) is 0.462. The number of sulfonamides is 1. The molecule has 0 bridgehead atoms. The second-order valence-electron chi connectivity index (χ2n) is 4.76. The van der Waals surface area contributed by atoms with E-state index in [1.807, 2.05) is 0 Å². The van der Waals surface area contributed by atoms with Crippen LogP contribution in [0.5, 0.6) is 5.75 Å². The Kier molecular flexibility index (Phi) is 5.16. The van der Waals surface area contributed by atoms with Gasteiger partial charge >= 0.3 is 0 Å². The monoisotopic (exact) mass is 314 g/mol. The summed E-state index contributed by atoms with van der Waals surface area (Å²) < 4.78 is 32.7. The van der Waals surface area contributed by atoms with Crippen molar-refractivity contribution in [3.63, 3.8) is 0 Å². The van der Waals surface area contributed by atoms with Crippen LogP contribution in [0.1, 0.15) is 12.8 Å². The van der Waals surface area contributed by atoms with Crippen molar-refractivity contribution < 1.29 is 22.7 Å². The molecule has 0 atom stereocenters. The van der Waals surface area contributed by atoms with Crippen LogP contribution in [0, 0.1) is 0 Å². The molecule has 0 spiro atoms. The molecule has 2 rings (SSSR count). The maximum atomic E-state index is 11.7. The normalized spacial score (nSPS) is 16.4. The van der Waals surface area contributed by atoms with E-state index in [1.165, 1.54) is 24.3 Å². The average molecular weight is 314 g/mol. The van der Waals surface area contributed by atoms with E-state index in [-0.39, 0.29) is 23.5 Å². The molecule has 21 heavy (non-hydrogen) atoms. The highest BCUT2D eigenvalue weighted by molar-refractivity contribution is 7.89. The molecular weight excluding hydrogens is 296 g/mol. The molecule has 1 aliphatic rings. The van der Waals surface area contributed by atoms with Gasteiger partial charge in [-0.1, -0.05) is 0 Å². The number of carbonyl (C=O) groups is 1. The summed E-state index contributed by atoms with van der Waals surface area (Å²) in [5, 5.41) is 7.86. The lowest BCUT2D eigenvalue weighted by molar-refractivity contribution is -0.124. The van der Waals surface area contributed by atoms with Gasteiger partial charge in [-0.3, -0.25) is 4.79 Å². The summed E-state index contributed by atoms with van der Waals surface area (Å²) in [6, 6.07) is 5.71. The largest absolute Gasteiger partial charge is 0.484 e. The molecule has 0 saturated carbocycles. The Labute approximate surface area is 123 Å². The predicted octanol–water partition coefficient (Wildman–Crippen LogP) is 0.00800. The number of nitrogens with one attached hydrogen (secondary N) is 1. The van der Waals surface area contributed by atoms with Gasteiger partial charge in [0.2, 0.25) is 10.0 Å². The topological polar surface area (TPSA) is 108 Å². The van der Waals surface area contributed by atoms with Gasteiger partial charge in [-0.25, -0.2) is 13.6 Å². The van der Waals surface area contributed by atoms with Gasteiger partial charge in [0.15, 0.2) is 6.61 Å². The van der Waals surface area contributed by atoms with E-state index in [2.05, 4.69) is 5.32 Å². The molecule has 0 unspecified atom stereocenters. The van der Waals surface area contributed by atoms with Gasteiger partial charge in [0.05, 0.1) is 4.90 Å². The first kappa shape index (κ1) is 15.7. The molecule has 1 aromatic rings. The number of primary sulfonamides is 1. The van der Waals surface area contributed by atoms with Crippen molar-refractivity contribution in [2.45, 2.75) is 23.8 Å². The SMILES string of the molecule is NS(=O)(=O)c1ccc(OCC(=O)NC2CCOCC2)cc1. The zero-order valence-electron chi connectivity index (χ0n) is 11.4. The predicted molar refractivity (Wildman–Crippen MR) is 75.3 cm³/mol.